The molecule has 1 fully saturated rings. The van der Waals surface area contributed by atoms with Crippen molar-refractivity contribution in [3.8, 4) is 5.75 Å². The van der Waals surface area contributed by atoms with Crippen LogP contribution in [0, 0.1) is 17.8 Å². The molecule has 2 bridgehead atoms. The zero-order valence-corrected chi connectivity index (χ0v) is 12.1. The summed E-state index contributed by atoms with van der Waals surface area (Å²) in [5.41, 5.74) is 0. The van der Waals surface area contributed by atoms with E-state index in [-0.39, 0.29) is 29.5 Å². The Labute approximate surface area is 128 Å². The number of hydrogen-bond acceptors (Lipinski definition) is 3. The van der Waals surface area contributed by atoms with Gasteiger partial charge in [-0.05, 0) is 35.2 Å². The van der Waals surface area contributed by atoms with Gasteiger partial charge in [0.2, 0.25) is 0 Å². The van der Waals surface area contributed by atoms with Crippen LogP contribution in [0.15, 0.2) is 54.6 Å². The zero-order valence-electron chi connectivity index (χ0n) is 12.1. The SMILES string of the molecule is O=C(CC1CC2C=CC1C2=O)Oc1ccc2ccccc2c1. The van der Waals surface area contributed by atoms with Gasteiger partial charge in [-0.15, -0.1) is 0 Å². The van der Waals surface area contributed by atoms with Gasteiger partial charge < -0.3 is 4.74 Å². The second-order valence-electron chi connectivity index (χ2n) is 6.10. The number of fused-ring (bicyclic) bond motifs is 3. The summed E-state index contributed by atoms with van der Waals surface area (Å²) >= 11 is 0. The fraction of sp³-hybridized carbons (Fsp3) is 0.263. The highest BCUT2D eigenvalue weighted by Crippen LogP contribution is 2.42. The Balaban J connectivity index is 1.45. The summed E-state index contributed by atoms with van der Waals surface area (Å²) in [4.78, 5) is 24.0. The van der Waals surface area contributed by atoms with Crippen molar-refractivity contribution in [2.24, 2.45) is 17.8 Å². The molecule has 3 atom stereocenters. The van der Waals surface area contributed by atoms with E-state index in [0.29, 0.717) is 12.2 Å². The Morgan fingerprint density at radius 2 is 1.91 bits per heavy atom. The predicted octanol–water partition coefficient (Wildman–Crippen LogP) is 3.53. The Hall–Kier alpha value is -2.42. The molecule has 22 heavy (non-hydrogen) atoms. The lowest BCUT2D eigenvalue weighted by atomic mass is 9.90. The fourth-order valence-electron chi connectivity index (χ4n) is 3.58. The van der Waals surface area contributed by atoms with Gasteiger partial charge in [0.1, 0.15) is 11.5 Å². The number of benzene rings is 2. The molecule has 0 aliphatic heterocycles. The summed E-state index contributed by atoms with van der Waals surface area (Å²) < 4.78 is 5.45. The Morgan fingerprint density at radius 3 is 2.64 bits per heavy atom. The van der Waals surface area contributed by atoms with Crippen LogP contribution < -0.4 is 4.74 Å². The minimum absolute atomic E-state index is 0.0310. The lowest BCUT2D eigenvalue weighted by Gasteiger charge is -2.15. The van der Waals surface area contributed by atoms with Crippen LogP contribution in [0.2, 0.25) is 0 Å². The monoisotopic (exact) mass is 292 g/mol. The van der Waals surface area contributed by atoms with Gasteiger partial charge in [-0.2, -0.15) is 0 Å². The third-order valence-corrected chi connectivity index (χ3v) is 4.69. The molecule has 110 valence electrons. The summed E-state index contributed by atoms with van der Waals surface area (Å²) in [7, 11) is 0. The van der Waals surface area contributed by atoms with Gasteiger partial charge in [0.25, 0.3) is 0 Å². The van der Waals surface area contributed by atoms with Crippen LogP contribution in [-0.4, -0.2) is 11.8 Å². The summed E-state index contributed by atoms with van der Waals surface area (Å²) in [6, 6.07) is 13.6. The van der Waals surface area contributed by atoms with E-state index in [0.717, 1.165) is 17.2 Å². The van der Waals surface area contributed by atoms with E-state index in [9.17, 15) is 9.59 Å². The molecule has 2 aliphatic carbocycles. The molecule has 3 nitrogen and oxygen atoms in total. The van der Waals surface area contributed by atoms with Crippen molar-refractivity contribution in [3.05, 3.63) is 54.6 Å². The van der Waals surface area contributed by atoms with Crippen molar-refractivity contribution in [1.82, 2.24) is 0 Å². The zero-order chi connectivity index (χ0) is 15.1. The van der Waals surface area contributed by atoms with Crippen LogP contribution in [0.25, 0.3) is 10.8 Å². The van der Waals surface area contributed by atoms with Crippen molar-refractivity contribution >= 4 is 22.5 Å². The molecule has 1 saturated carbocycles. The average molecular weight is 292 g/mol. The Kier molecular flexibility index (Phi) is 3.07. The van der Waals surface area contributed by atoms with E-state index in [1.807, 2.05) is 54.6 Å². The van der Waals surface area contributed by atoms with Gasteiger partial charge in [0, 0.05) is 18.3 Å². The van der Waals surface area contributed by atoms with E-state index >= 15 is 0 Å². The molecule has 2 aromatic rings. The summed E-state index contributed by atoms with van der Waals surface area (Å²) in [5, 5.41) is 2.16. The van der Waals surface area contributed by atoms with Crippen LogP contribution in [0.1, 0.15) is 12.8 Å². The number of carbonyl (C=O) groups excluding carboxylic acids is 2. The summed E-state index contributed by atoms with van der Waals surface area (Å²) in [5.74, 6) is 0.638. The van der Waals surface area contributed by atoms with Gasteiger partial charge >= 0.3 is 5.97 Å². The number of allylic oxidation sites excluding steroid dienone is 2. The standard InChI is InChI=1S/C19H16O3/c20-18(11-15-9-14-6-8-17(15)19(14)21)22-16-7-5-12-3-1-2-4-13(12)10-16/h1-8,10,14-15,17H,9,11H2. The first-order chi connectivity index (χ1) is 10.7. The lowest BCUT2D eigenvalue weighted by molar-refractivity contribution is -0.135. The molecule has 0 N–H and O–H groups in total. The summed E-state index contributed by atoms with van der Waals surface area (Å²) in [6.07, 6.45) is 5.01. The predicted molar refractivity (Wildman–Crippen MR) is 83.4 cm³/mol. The van der Waals surface area contributed by atoms with Gasteiger partial charge in [0.15, 0.2) is 0 Å². The molecule has 4 rings (SSSR count). The average Bonchev–Trinajstić information content (AvgIpc) is 3.01. The van der Waals surface area contributed by atoms with Crippen molar-refractivity contribution in [1.29, 1.82) is 0 Å². The first-order valence-electron chi connectivity index (χ1n) is 7.62. The van der Waals surface area contributed by atoms with E-state index in [4.69, 9.17) is 4.74 Å². The third-order valence-electron chi connectivity index (χ3n) is 4.69. The molecule has 0 heterocycles. The first-order valence-corrected chi connectivity index (χ1v) is 7.62. The van der Waals surface area contributed by atoms with Gasteiger partial charge in [-0.1, -0.05) is 42.5 Å². The second-order valence-corrected chi connectivity index (χ2v) is 6.10. The maximum Gasteiger partial charge on any atom is 0.311 e. The van der Waals surface area contributed by atoms with Crippen LogP contribution in [0.4, 0.5) is 0 Å². The molecule has 3 unspecified atom stereocenters. The minimum Gasteiger partial charge on any atom is -0.426 e. The molecule has 2 aromatic carbocycles. The van der Waals surface area contributed by atoms with Gasteiger partial charge in [-0.25, -0.2) is 0 Å². The van der Waals surface area contributed by atoms with E-state index in [1.54, 1.807) is 0 Å². The molecule has 0 spiro atoms. The molecule has 0 aromatic heterocycles. The van der Waals surface area contributed by atoms with Gasteiger partial charge in [0.05, 0.1) is 0 Å². The van der Waals surface area contributed by atoms with Crippen molar-refractivity contribution in [2.75, 3.05) is 0 Å². The highest BCUT2D eigenvalue weighted by molar-refractivity contribution is 5.92. The number of ketones is 1. The maximum absolute atomic E-state index is 12.1. The number of ether oxygens (including phenoxy) is 1. The normalized spacial score (nSPS) is 25.8. The van der Waals surface area contributed by atoms with Crippen molar-refractivity contribution in [2.45, 2.75) is 12.8 Å². The number of rotatable bonds is 3. The Morgan fingerprint density at radius 1 is 1.09 bits per heavy atom. The Bertz CT molecular complexity index is 790. The van der Waals surface area contributed by atoms with E-state index in [1.165, 1.54) is 0 Å². The lowest BCUT2D eigenvalue weighted by Crippen LogP contribution is -2.18. The maximum atomic E-state index is 12.1. The van der Waals surface area contributed by atoms with Crippen LogP contribution >= 0.6 is 0 Å². The fourth-order valence-corrected chi connectivity index (χ4v) is 3.58. The summed E-state index contributed by atoms with van der Waals surface area (Å²) in [6.45, 7) is 0. The molecule has 0 amide bonds. The smallest absolute Gasteiger partial charge is 0.311 e. The van der Waals surface area contributed by atoms with Crippen molar-refractivity contribution in [3.63, 3.8) is 0 Å². The van der Waals surface area contributed by atoms with E-state index in [2.05, 4.69) is 0 Å². The molecular formula is C19H16O3. The van der Waals surface area contributed by atoms with Crippen molar-refractivity contribution < 1.29 is 14.3 Å². The molecule has 0 saturated heterocycles. The molecule has 2 aliphatic rings. The second kappa shape index (κ2) is 5.09. The van der Waals surface area contributed by atoms with Crippen LogP contribution in [-0.2, 0) is 9.59 Å². The number of esters is 1. The number of Topliss-reactive ketones (excluding diaryl/α,β-unsaturated/α-hetero) is 1. The highest BCUT2D eigenvalue weighted by atomic mass is 16.5. The largest absolute Gasteiger partial charge is 0.426 e. The van der Waals surface area contributed by atoms with E-state index < -0.39 is 0 Å². The molecular weight excluding hydrogens is 276 g/mol. The highest BCUT2D eigenvalue weighted by Gasteiger charge is 2.44. The third kappa shape index (κ3) is 2.23. The molecule has 3 heteroatoms. The number of hydrogen-bond donors (Lipinski definition) is 0. The molecule has 0 radical (unpaired) electrons. The number of carbonyl (C=O) groups is 2. The quantitative estimate of drug-likeness (QED) is 0.494. The first kappa shape index (κ1) is 13.3. The van der Waals surface area contributed by atoms with Crippen LogP contribution in [0.3, 0.4) is 0 Å². The van der Waals surface area contributed by atoms with Crippen LogP contribution in [0.5, 0.6) is 5.75 Å². The topological polar surface area (TPSA) is 43.4 Å². The van der Waals surface area contributed by atoms with Gasteiger partial charge in [-0.3, -0.25) is 9.59 Å². The minimum atomic E-state index is -0.256.